The summed E-state index contributed by atoms with van der Waals surface area (Å²) in [6.07, 6.45) is 7.01. The smallest absolute Gasteiger partial charge is 0.0929 e. The predicted molar refractivity (Wildman–Crippen MR) is 107 cm³/mol. The van der Waals surface area contributed by atoms with Gasteiger partial charge in [-0.1, -0.05) is 24.3 Å². The number of hydrogen-bond acceptors (Lipinski definition) is 2. The minimum atomic E-state index is 1.05. The molecule has 4 heteroatoms. The average Bonchev–Trinajstić information content (AvgIpc) is 3.37. The van der Waals surface area contributed by atoms with Crippen molar-refractivity contribution in [1.82, 2.24) is 19.2 Å². The normalized spacial score (nSPS) is 15.4. The number of aromatic nitrogens is 3. The molecule has 1 aliphatic rings. The van der Waals surface area contributed by atoms with Gasteiger partial charge < -0.3 is 9.47 Å². The zero-order chi connectivity index (χ0) is 17.5. The van der Waals surface area contributed by atoms with Gasteiger partial charge in [-0.3, -0.25) is 4.68 Å². The first-order valence-corrected chi connectivity index (χ1v) is 9.52. The highest BCUT2D eigenvalue weighted by Gasteiger charge is 2.13. The second kappa shape index (κ2) is 6.29. The maximum absolute atomic E-state index is 4.56. The summed E-state index contributed by atoms with van der Waals surface area (Å²) in [5, 5.41) is 7.07. The molecule has 1 aliphatic heterocycles. The number of rotatable bonds is 4. The molecular formula is C22H24N4. The van der Waals surface area contributed by atoms with Gasteiger partial charge in [-0.15, -0.1) is 0 Å². The van der Waals surface area contributed by atoms with E-state index in [0.29, 0.717) is 0 Å². The van der Waals surface area contributed by atoms with Crippen molar-refractivity contribution in [3.8, 4) is 11.1 Å². The number of hydrogen-bond donors (Lipinski definition) is 0. The highest BCUT2D eigenvalue weighted by molar-refractivity contribution is 5.97. The molecule has 0 bridgehead atoms. The molecule has 3 heterocycles. The van der Waals surface area contributed by atoms with Crippen molar-refractivity contribution in [3.63, 3.8) is 0 Å². The fourth-order valence-electron chi connectivity index (χ4n) is 4.23. The zero-order valence-electron chi connectivity index (χ0n) is 15.2. The van der Waals surface area contributed by atoms with Crippen molar-refractivity contribution in [3.05, 3.63) is 54.9 Å². The lowest BCUT2D eigenvalue weighted by molar-refractivity contribution is 0.324. The van der Waals surface area contributed by atoms with E-state index in [2.05, 4.69) is 69.4 Å². The lowest BCUT2D eigenvalue weighted by atomic mass is 10.0. The van der Waals surface area contributed by atoms with Crippen LogP contribution < -0.4 is 0 Å². The lowest BCUT2D eigenvalue weighted by Crippen LogP contribution is -2.23. The minimum absolute atomic E-state index is 1.05. The molecule has 0 amide bonds. The largest absolute Gasteiger partial charge is 0.346 e. The fourth-order valence-corrected chi connectivity index (χ4v) is 4.23. The van der Waals surface area contributed by atoms with E-state index in [0.717, 1.165) is 18.6 Å². The van der Waals surface area contributed by atoms with E-state index >= 15 is 0 Å². The predicted octanol–water partition coefficient (Wildman–Crippen LogP) is 4.29. The minimum Gasteiger partial charge on any atom is -0.346 e. The van der Waals surface area contributed by atoms with Crippen LogP contribution in [0.15, 0.2) is 54.9 Å². The third-order valence-corrected chi connectivity index (χ3v) is 5.60. The molecule has 5 rings (SSSR count). The lowest BCUT2D eigenvalue weighted by Gasteiger charge is -2.15. The topological polar surface area (TPSA) is 26.0 Å². The summed E-state index contributed by atoms with van der Waals surface area (Å²) < 4.78 is 4.28. The molecule has 0 saturated carbocycles. The Bertz CT molecular complexity index is 1070. The van der Waals surface area contributed by atoms with Gasteiger partial charge in [0.15, 0.2) is 0 Å². The summed E-state index contributed by atoms with van der Waals surface area (Å²) in [4.78, 5) is 2.57. The van der Waals surface area contributed by atoms with Gasteiger partial charge >= 0.3 is 0 Å². The molecule has 2 aromatic carbocycles. The number of nitrogens with zero attached hydrogens (tertiary/aromatic N) is 4. The summed E-state index contributed by atoms with van der Waals surface area (Å²) in [6.45, 7) is 4.73. The Morgan fingerprint density at radius 1 is 1.00 bits per heavy atom. The van der Waals surface area contributed by atoms with Crippen LogP contribution in [0.4, 0.5) is 0 Å². The molecule has 4 nitrogen and oxygen atoms in total. The van der Waals surface area contributed by atoms with Crippen LogP contribution in [0.1, 0.15) is 12.8 Å². The third-order valence-electron chi connectivity index (χ3n) is 5.60. The van der Waals surface area contributed by atoms with Crippen molar-refractivity contribution >= 4 is 21.8 Å². The molecule has 0 unspecified atom stereocenters. The molecule has 0 aliphatic carbocycles. The van der Waals surface area contributed by atoms with Crippen LogP contribution in [-0.4, -0.2) is 38.9 Å². The Labute approximate surface area is 153 Å². The van der Waals surface area contributed by atoms with E-state index < -0.39 is 0 Å². The Morgan fingerprint density at radius 2 is 1.88 bits per heavy atom. The molecule has 0 radical (unpaired) electrons. The monoisotopic (exact) mass is 344 g/mol. The Balaban J connectivity index is 1.51. The second-order valence-electron chi connectivity index (χ2n) is 7.37. The molecule has 132 valence electrons. The molecule has 1 fully saturated rings. The van der Waals surface area contributed by atoms with Gasteiger partial charge in [0.1, 0.15) is 0 Å². The quantitative estimate of drug-likeness (QED) is 0.552. The molecule has 0 N–H and O–H groups in total. The van der Waals surface area contributed by atoms with E-state index in [1.165, 1.54) is 53.3 Å². The Hall–Kier alpha value is -2.59. The summed E-state index contributed by atoms with van der Waals surface area (Å²) in [6, 6.07) is 15.5. The van der Waals surface area contributed by atoms with Crippen molar-refractivity contribution in [2.45, 2.75) is 19.4 Å². The van der Waals surface area contributed by atoms with Crippen molar-refractivity contribution in [1.29, 1.82) is 0 Å². The maximum atomic E-state index is 4.56. The van der Waals surface area contributed by atoms with Crippen LogP contribution in [0.3, 0.4) is 0 Å². The van der Waals surface area contributed by atoms with Crippen molar-refractivity contribution < 1.29 is 0 Å². The average molecular weight is 344 g/mol. The summed E-state index contributed by atoms with van der Waals surface area (Å²) >= 11 is 0. The molecule has 0 spiro atoms. The first kappa shape index (κ1) is 15.6. The van der Waals surface area contributed by atoms with Gasteiger partial charge in [-0.25, -0.2) is 0 Å². The molecule has 4 aromatic rings. The molecule has 0 atom stereocenters. The zero-order valence-corrected chi connectivity index (χ0v) is 15.2. The standard InChI is InChI=1S/C22H24N4/c1-24-16-18-8-7-17(15-21(18)23-24)19-5-4-6-22-20(19)9-12-26(22)14-13-25-10-2-3-11-25/h4-9,12,15-16H,2-3,10-11,13-14H2,1H3. The van der Waals surface area contributed by atoms with E-state index in [1.807, 2.05) is 11.7 Å². The van der Waals surface area contributed by atoms with Crippen LogP contribution in [0.5, 0.6) is 0 Å². The molecular weight excluding hydrogens is 320 g/mol. The van der Waals surface area contributed by atoms with E-state index in [4.69, 9.17) is 0 Å². The number of fused-ring (bicyclic) bond motifs is 2. The van der Waals surface area contributed by atoms with E-state index in [1.54, 1.807) is 0 Å². The summed E-state index contributed by atoms with van der Waals surface area (Å²) in [5.74, 6) is 0. The number of benzene rings is 2. The highest BCUT2D eigenvalue weighted by atomic mass is 15.2. The third kappa shape index (κ3) is 2.71. The van der Waals surface area contributed by atoms with E-state index in [-0.39, 0.29) is 0 Å². The van der Waals surface area contributed by atoms with Gasteiger partial charge in [-0.2, -0.15) is 5.10 Å². The van der Waals surface area contributed by atoms with Gasteiger partial charge in [0, 0.05) is 48.8 Å². The van der Waals surface area contributed by atoms with E-state index in [9.17, 15) is 0 Å². The molecule has 2 aromatic heterocycles. The molecule has 26 heavy (non-hydrogen) atoms. The number of likely N-dealkylation sites (tertiary alicyclic amines) is 1. The SMILES string of the molecule is Cn1cc2ccc(-c3cccc4c3ccn4CCN3CCCC3)cc2n1. The maximum Gasteiger partial charge on any atom is 0.0929 e. The van der Waals surface area contributed by atoms with Gasteiger partial charge in [0.2, 0.25) is 0 Å². The first-order valence-electron chi connectivity index (χ1n) is 9.52. The summed E-state index contributed by atoms with van der Waals surface area (Å²) in [5.41, 5.74) is 4.90. The van der Waals surface area contributed by atoms with Crippen molar-refractivity contribution in [2.24, 2.45) is 7.05 Å². The van der Waals surface area contributed by atoms with Crippen LogP contribution in [-0.2, 0) is 13.6 Å². The van der Waals surface area contributed by atoms with Gasteiger partial charge in [0.05, 0.1) is 5.52 Å². The van der Waals surface area contributed by atoms with Crippen LogP contribution >= 0.6 is 0 Å². The fraction of sp³-hybridized carbons (Fsp3) is 0.318. The van der Waals surface area contributed by atoms with Crippen molar-refractivity contribution in [2.75, 3.05) is 19.6 Å². The highest BCUT2D eigenvalue weighted by Crippen LogP contribution is 2.31. The van der Waals surface area contributed by atoms with Gasteiger partial charge in [0.25, 0.3) is 0 Å². The van der Waals surface area contributed by atoms with Crippen LogP contribution in [0, 0.1) is 0 Å². The first-order chi connectivity index (χ1) is 12.8. The second-order valence-corrected chi connectivity index (χ2v) is 7.37. The Kier molecular flexibility index (Phi) is 3.79. The molecule has 1 saturated heterocycles. The van der Waals surface area contributed by atoms with Gasteiger partial charge in [-0.05, 0) is 55.3 Å². The van der Waals surface area contributed by atoms with Crippen LogP contribution in [0.25, 0.3) is 32.9 Å². The summed E-state index contributed by atoms with van der Waals surface area (Å²) in [7, 11) is 1.97. The van der Waals surface area contributed by atoms with Crippen LogP contribution in [0.2, 0.25) is 0 Å². The Morgan fingerprint density at radius 3 is 2.77 bits per heavy atom. The number of aryl methyl sites for hydroxylation is 1.